The first-order valence-corrected chi connectivity index (χ1v) is 7.19. The molecule has 2 nitrogen and oxygen atoms in total. The standard InChI is InChI=1S/C16H24N2/c1-11-7-10-18-15(14(11)17)12-3-5-13(6-4-12)16(2)8-9-16/h3-6,11,14-15,18H,7-10,17H2,1-2H3. The number of nitrogens with two attached hydrogens (primary N) is 1. The predicted octanol–water partition coefficient (Wildman–Crippen LogP) is 2.74. The maximum atomic E-state index is 6.33. The topological polar surface area (TPSA) is 38.0 Å². The summed E-state index contributed by atoms with van der Waals surface area (Å²) >= 11 is 0. The lowest BCUT2D eigenvalue weighted by Crippen LogP contribution is -2.47. The first-order chi connectivity index (χ1) is 8.60. The molecule has 98 valence electrons. The Morgan fingerprint density at radius 1 is 1.22 bits per heavy atom. The molecule has 3 rings (SSSR count). The molecule has 0 aromatic heterocycles. The number of hydrogen-bond acceptors (Lipinski definition) is 2. The molecule has 1 saturated heterocycles. The third kappa shape index (κ3) is 2.08. The summed E-state index contributed by atoms with van der Waals surface area (Å²) < 4.78 is 0. The highest BCUT2D eigenvalue weighted by Gasteiger charge is 2.39. The van der Waals surface area contributed by atoms with Crippen LogP contribution in [0.25, 0.3) is 0 Å². The maximum Gasteiger partial charge on any atom is 0.0476 e. The molecule has 18 heavy (non-hydrogen) atoms. The van der Waals surface area contributed by atoms with Crippen molar-refractivity contribution in [2.24, 2.45) is 11.7 Å². The van der Waals surface area contributed by atoms with Crippen LogP contribution in [0.5, 0.6) is 0 Å². The molecule has 2 fully saturated rings. The number of nitrogens with one attached hydrogen (secondary N) is 1. The summed E-state index contributed by atoms with van der Waals surface area (Å²) in [4.78, 5) is 0. The second-order valence-corrected chi connectivity index (χ2v) is 6.46. The van der Waals surface area contributed by atoms with E-state index in [0.717, 1.165) is 6.54 Å². The molecule has 1 aromatic carbocycles. The SMILES string of the molecule is CC1CCNC(c2ccc(C3(C)CC3)cc2)C1N. The van der Waals surface area contributed by atoms with Crippen molar-refractivity contribution in [3.8, 4) is 0 Å². The van der Waals surface area contributed by atoms with Crippen LogP contribution in [0.2, 0.25) is 0 Å². The lowest BCUT2D eigenvalue weighted by Gasteiger charge is -2.35. The third-order valence-electron chi connectivity index (χ3n) is 4.97. The van der Waals surface area contributed by atoms with E-state index in [4.69, 9.17) is 5.73 Å². The summed E-state index contributed by atoms with van der Waals surface area (Å²) in [5.74, 6) is 0.608. The van der Waals surface area contributed by atoms with Gasteiger partial charge in [-0.15, -0.1) is 0 Å². The summed E-state index contributed by atoms with van der Waals surface area (Å²) in [7, 11) is 0. The fourth-order valence-corrected chi connectivity index (χ4v) is 3.03. The van der Waals surface area contributed by atoms with Crippen LogP contribution in [0.1, 0.15) is 50.3 Å². The van der Waals surface area contributed by atoms with E-state index >= 15 is 0 Å². The Hall–Kier alpha value is -0.860. The molecule has 3 unspecified atom stereocenters. The second-order valence-electron chi connectivity index (χ2n) is 6.46. The van der Waals surface area contributed by atoms with Crippen molar-refractivity contribution < 1.29 is 0 Å². The highest BCUT2D eigenvalue weighted by Crippen LogP contribution is 2.47. The van der Waals surface area contributed by atoms with E-state index in [9.17, 15) is 0 Å². The van der Waals surface area contributed by atoms with E-state index < -0.39 is 0 Å². The Morgan fingerprint density at radius 3 is 2.50 bits per heavy atom. The molecular formula is C16H24N2. The van der Waals surface area contributed by atoms with Crippen molar-refractivity contribution in [3.63, 3.8) is 0 Å². The minimum Gasteiger partial charge on any atom is -0.326 e. The molecule has 1 aliphatic heterocycles. The van der Waals surface area contributed by atoms with Gasteiger partial charge < -0.3 is 11.1 Å². The van der Waals surface area contributed by atoms with Gasteiger partial charge in [0, 0.05) is 12.1 Å². The number of hydrogen-bond donors (Lipinski definition) is 2. The van der Waals surface area contributed by atoms with Gasteiger partial charge in [0.25, 0.3) is 0 Å². The van der Waals surface area contributed by atoms with Gasteiger partial charge >= 0.3 is 0 Å². The lowest BCUT2D eigenvalue weighted by atomic mass is 9.84. The molecule has 1 saturated carbocycles. The average Bonchev–Trinajstić information content (AvgIpc) is 3.13. The molecular weight excluding hydrogens is 220 g/mol. The Balaban J connectivity index is 1.79. The van der Waals surface area contributed by atoms with Gasteiger partial charge in [0.05, 0.1) is 0 Å². The van der Waals surface area contributed by atoms with Crippen LogP contribution in [-0.4, -0.2) is 12.6 Å². The van der Waals surface area contributed by atoms with Gasteiger partial charge in [0.2, 0.25) is 0 Å². The molecule has 0 bridgehead atoms. The summed E-state index contributed by atoms with van der Waals surface area (Å²) in [6.07, 6.45) is 3.86. The van der Waals surface area contributed by atoms with Gasteiger partial charge in [0.1, 0.15) is 0 Å². The van der Waals surface area contributed by atoms with Gasteiger partial charge in [0.15, 0.2) is 0 Å². The van der Waals surface area contributed by atoms with Crippen LogP contribution in [0.15, 0.2) is 24.3 Å². The minimum atomic E-state index is 0.237. The van der Waals surface area contributed by atoms with Crippen molar-refractivity contribution in [3.05, 3.63) is 35.4 Å². The van der Waals surface area contributed by atoms with Crippen LogP contribution >= 0.6 is 0 Å². The molecule has 2 heteroatoms. The molecule has 3 N–H and O–H groups in total. The fraction of sp³-hybridized carbons (Fsp3) is 0.625. The van der Waals surface area contributed by atoms with Crippen LogP contribution < -0.4 is 11.1 Å². The number of benzene rings is 1. The Bertz CT molecular complexity index is 419. The third-order valence-corrected chi connectivity index (χ3v) is 4.97. The Morgan fingerprint density at radius 2 is 1.89 bits per heavy atom. The lowest BCUT2D eigenvalue weighted by molar-refractivity contribution is 0.275. The summed E-state index contributed by atoms with van der Waals surface area (Å²) in [6, 6.07) is 9.71. The van der Waals surface area contributed by atoms with Gasteiger partial charge in [-0.05, 0) is 48.3 Å². The first kappa shape index (κ1) is 12.2. The van der Waals surface area contributed by atoms with Gasteiger partial charge in [-0.25, -0.2) is 0 Å². The highest BCUT2D eigenvalue weighted by atomic mass is 15.0. The van der Waals surface area contributed by atoms with Crippen LogP contribution in [0, 0.1) is 5.92 Å². The van der Waals surface area contributed by atoms with E-state index in [1.165, 1.54) is 30.4 Å². The van der Waals surface area contributed by atoms with Gasteiger partial charge in [-0.1, -0.05) is 38.1 Å². The summed E-state index contributed by atoms with van der Waals surface area (Å²) in [5.41, 5.74) is 9.63. The number of rotatable bonds is 2. The summed E-state index contributed by atoms with van der Waals surface area (Å²) in [5, 5.41) is 3.56. The van der Waals surface area contributed by atoms with Crippen LogP contribution in [0.4, 0.5) is 0 Å². The molecule has 0 spiro atoms. The smallest absolute Gasteiger partial charge is 0.0476 e. The van der Waals surface area contributed by atoms with Crippen LogP contribution in [-0.2, 0) is 5.41 Å². The zero-order valence-corrected chi connectivity index (χ0v) is 11.4. The van der Waals surface area contributed by atoms with Crippen LogP contribution in [0.3, 0.4) is 0 Å². The molecule has 0 amide bonds. The first-order valence-electron chi connectivity index (χ1n) is 7.19. The van der Waals surface area contributed by atoms with Gasteiger partial charge in [-0.2, -0.15) is 0 Å². The molecule has 2 aliphatic rings. The monoisotopic (exact) mass is 244 g/mol. The summed E-state index contributed by atoms with van der Waals surface area (Å²) in [6.45, 7) is 5.70. The average molecular weight is 244 g/mol. The fourth-order valence-electron chi connectivity index (χ4n) is 3.03. The minimum absolute atomic E-state index is 0.237. The molecule has 1 aromatic rings. The number of piperidine rings is 1. The second kappa shape index (κ2) is 4.36. The molecule has 3 atom stereocenters. The van der Waals surface area contributed by atoms with E-state index in [0.29, 0.717) is 17.4 Å². The quantitative estimate of drug-likeness (QED) is 0.839. The zero-order chi connectivity index (χ0) is 12.8. The Kier molecular flexibility index (Phi) is 2.95. The van der Waals surface area contributed by atoms with E-state index in [1.807, 2.05) is 0 Å². The zero-order valence-electron chi connectivity index (χ0n) is 11.4. The predicted molar refractivity (Wildman–Crippen MR) is 75.5 cm³/mol. The highest BCUT2D eigenvalue weighted by molar-refractivity contribution is 5.34. The van der Waals surface area contributed by atoms with Gasteiger partial charge in [-0.3, -0.25) is 0 Å². The molecule has 1 aliphatic carbocycles. The van der Waals surface area contributed by atoms with Crippen molar-refractivity contribution in [2.75, 3.05) is 6.54 Å². The van der Waals surface area contributed by atoms with Crippen molar-refractivity contribution in [1.29, 1.82) is 0 Å². The largest absolute Gasteiger partial charge is 0.326 e. The normalized spacial score (nSPS) is 34.3. The van der Waals surface area contributed by atoms with E-state index in [-0.39, 0.29) is 6.04 Å². The van der Waals surface area contributed by atoms with Crippen molar-refractivity contribution >= 4 is 0 Å². The van der Waals surface area contributed by atoms with E-state index in [1.54, 1.807) is 0 Å². The van der Waals surface area contributed by atoms with Crippen molar-refractivity contribution in [1.82, 2.24) is 5.32 Å². The molecule has 0 radical (unpaired) electrons. The maximum absolute atomic E-state index is 6.33. The van der Waals surface area contributed by atoms with Crippen molar-refractivity contribution in [2.45, 2.75) is 50.6 Å². The molecule has 1 heterocycles. The Labute approximate surface area is 110 Å². The van der Waals surface area contributed by atoms with E-state index in [2.05, 4.69) is 43.4 Å².